The first-order chi connectivity index (χ1) is 9.25. The Kier molecular flexibility index (Phi) is 3.13. The zero-order valence-electron chi connectivity index (χ0n) is 10.6. The minimum atomic E-state index is 0.681. The summed E-state index contributed by atoms with van der Waals surface area (Å²) in [6, 6.07) is 12.0. The quantitative estimate of drug-likeness (QED) is 0.784. The molecule has 0 unspecified atom stereocenters. The van der Waals surface area contributed by atoms with Gasteiger partial charge in [-0.05, 0) is 36.4 Å². The van der Waals surface area contributed by atoms with Gasteiger partial charge in [0.15, 0.2) is 0 Å². The van der Waals surface area contributed by atoms with E-state index in [9.17, 15) is 0 Å². The van der Waals surface area contributed by atoms with Crippen LogP contribution in [0.1, 0.15) is 5.69 Å². The lowest BCUT2D eigenvalue weighted by Gasteiger charge is -2.11. The molecule has 0 spiro atoms. The van der Waals surface area contributed by atoms with Crippen LogP contribution in [0.3, 0.4) is 0 Å². The van der Waals surface area contributed by atoms with Crippen LogP contribution in [0.5, 0.6) is 0 Å². The van der Waals surface area contributed by atoms with Crippen molar-refractivity contribution in [2.45, 2.75) is 6.54 Å². The number of rotatable bonds is 3. The van der Waals surface area contributed by atoms with Crippen LogP contribution in [0.25, 0.3) is 10.9 Å². The molecule has 3 rings (SSSR count). The van der Waals surface area contributed by atoms with Crippen LogP contribution in [-0.4, -0.2) is 9.55 Å². The van der Waals surface area contributed by atoms with Gasteiger partial charge >= 0.3 is 0 Å². The van der Waals surface area contributed by atoms with E-state index in [1.807, 2.05) is 43.6 Å². The van der Waals surface area contributed by atoms with Gasteiger partial charge < -0.3 is 9.88 Å². The molecule has 0 saturated carbocycles. The number of pyridine rings is 1. The molecule has 0 atom stereocenters. The number of aromatic nitrogens is 2. The zero-order valence-corrected chi connectivity index (χ0v) is 11.4. The minimum absolute atomic E-state index is 0.681. The predicted octanol–water partition coefficient (Wildman–Crippen LogP) is 3.84. The number of hydrogen-bond acceptors (Lipinski definition) is 2. The summed E-state index contributed by atoms with van der Waals surface area (Å²) in [4.78, 5) is 4.33. The van der Waals surface area contributed by atoms with Gasteiger partial charge in [0.05, 0.1) is 17.1 Å². The molecular formula is C15H14ClN3. The molecule has 2 heterocycles. The second-order valence-corrected chi connectivity index (χ2v) is 4.87. The highest BCUT2D eigenvalue weighted by Crippen LogP contribution is 2.28. The smallest absolute Gasteiger partial charge is 0.0908 e. The van der Waals surface area contributed by atoms with Gasteiger partial charge in [-0.1, -0.05) is 11.6 Å². The first kappa shape index (κ1) is 12.1. The fraction of sp³-hybridized carbons (Fsp3) is 0.133. The van der Waals surface area contributed by atoms with Gasteiger partial charge in [0.1, 0.15) is 0 Å². The van der Waals surface area contributed by atoms with Crippen molar-refractivity contribution in [3.05, 3.63) is 59.5 Å². The van der Waals surface area contributed by atoms with Crippen LogP contribution >= 0.6 is 11.6 Å². The Bertz CT molecular complexity index is 718. The van der Waals surface area contributed by atoms with Gasteiger partial charge in [-0.15, -0.1) is 0 Å². The first-order valence-electron chi connectivity index (χ1n) is 6.13. The standard InChI is InChI=1S/C15H14ClN3/c1-19-9-3-4-11(19)10-18-14-7-6-13(16)15-12(14)5-2-8-17-15/h2-9,18H,10H2,1H3. The Morgan fingerprint density at radius 1 is 1.21 bits per heavy atom. The third kappa shape index (κ3) is 2.29. The molecule has 0 amide bonds. The van der Waals surface area contributed by atoms with Crippen LogP contribution < -0.4 is 5.32 Å². The molecule has 2 aromatic heterocycles. The van der Waals surface area contributed by atoms with E-state index in [4.69, 9.17) is 11.6 Å². The summed E-state index contributed by atoms with van der Waals surface area (Å²) < 4.78 is 2.10. The Labute approximate surface area is 116 Å². The van der Waals surface area contributed by atoms with Crippen molar-refractivity contribution < 1.29 is 0 Å². The Balaban J connectivity index is 1.93. The number of fused-ring (bicyclic) bond motifs is 1. The van der Waals surface area contributed by atoms with Gasteiger partial charge in [0.25, 0.3) is 0 Å². The second-order valence-electron chi connectivity index (χ2n) is 4.46. The van der Waals surface area contributed by atoms with Gasteiger partial charge in [-0.25, -0.2) is 0 Å². The maximum absolute atomic E-state index is 6.16. The number of nitrogens with zero attached hydrogens (tertiary/aromatic N) is 2. The molecule has 3 nitrogen and oxygen atoms in total. The summed E-state index contributed by atoms with van der Waals surface area (Å²) in [6.07, 6.45) is 3.80. The summed E-state index contributed by atoms with van der Waals surface area (Å²) in [5.74, 6) is 0. The molecule has 96 valence electrons. The lowest BCUT2D eigenvalue weighted by Crippen LogP contribution is -2.04. The molecule has 0 aliphatic heterocycles. The predicted molar refractivity (Wildman–Crippen MR) is 79.5 cm³/mol. The number of aryl methyl sites for hydroxylation is 1. The van der Waals surface area contributed by atoms with E-state index < -0.39 is 0 Å². The molecule has 0 aliphatic carbocycles. The molecule has 1 aromatic carbocycles. The van der Waals surface area contributed by atoms with E-state index in [0.717, 1.165) is 23.1 Å². The molecule has 0 saturated heterocycles. The Hall–Kier alpha value is -2.00. The van der Waals surface area contributed by atoms with Crippen molar-refractivity contribution in [3.63, 3.8) is 0 Å². The van der Waals surface area contributed by atoms with Crippen molar-refractivity contribution in [3.8, 4) is 0 Å². The fourth-order valence-corrected chi connectivity index (χ4v) is 2.37. The highest BCUT2D eigenvalue weighted by molar-refractivity contribution is 6.35. The number of nitrogens with one attached hydrogen (secondary N) is 1. The van der Waals surface area contributed by atoms with Crippen LogP contribution in [0.4, 0.5) is 5.69 Å². The molecule has 0 bridgehead atoms. The topological polar surface area (TPSA) is 29.9 Å². The van der Waals surface area contributed by atoms with E-state index in [0.29, 0.717) is 5.02 Å². The van der Waals surface area contributed by atoms with E-state index in [1.165, 1.54) is 5.69 Å². The van der Waals surface area contributed by atoms with E-state index in [-0.39, 0.29) is 0 Å². The Morgan fingerprint density at radius 2 is 2.11 bits per heavy atom. The second kappa shape index (κ2) is 4.94. The number of hydrogen-bond donors (Lipinski definition) is 1. The lowest BCUT2D eigenvalue weighted by atomic mass is 10.2. The number of benzene rings is 1. The third-order valence-electron chi connectivity index (χ3n) is 3.23. The SMILES string of the molecule is Cn1cccc1CNc1ccc(Cl)c2ncccc12. The van der Waals surface area contributed by atoms with Crippen molar-refractivity contribution in [1.29, 1.82) is 0 Å². The fourth-order valence-electron chi connectivity index (χ4n) is 2.16. The molecule has 0 aliphatic rings. The molecule has 4 heteroatoms. The van der Waals surface area contributed by atoms with Crippen molar-refractivity contribution in [2.75, 3.05) is 5.32 Å². The Morgan fingerprint density at radius 3 is 2.89 bits per heavy atom. The maximum Gasteiger partial charge on any atom is 0.0908 e. The van der Waals surface area contributed by atoms with Crippen LogP contribution in [-0.2, 0) is 13.6 Å². The highest BCUT2D eigenvalue weighted by Gasteiger charge is 2.05. The monoisotopic (exact) mass is 271 g/mol. The summed E-state index contributed by atoms with van der Waals surface area (Å²) in [5.41, 5.74) is 3.11. The number of halogens is 1. The molecule has 1 N–H and O–H groups in total. The summed E-state index contributed by atoms with van der Waals surface area (Å²) in [7, 11) is 2.04. The maximum atomic E-state index is 6.16. The van der Waals surface area contributed by atoms with Crippen LogP contribution in [0.15, 0.2) is 48.8 Å². The van der Waals surface area contributed by atoms with Crippen LogP contribution in [0.2, 0.25) is 5.02 Å². The minimum Gasteiger partial charge on any atom is -0.379 e. The first-order valence-corrected chi connectivity index (χ1v) is 6.51. The third-order valence-corrected chi connectivity index (χ3v) is 3.54. The van der Waals surface area contributed by atoms with Crippen molar-refractivity contribution >= 4 is 28.2 Å². The molecular weight excluding hydrogens is 258 g/mol. The van der Waals surface area contributed by atoms with E-state index in [1.54, 1.807) is 6.20 Å². The molecule has 3 aromatic rings. The van der Waals surface area contributed by atoms with Gasteiger partial charge in [0.2, 0.25) is 0 Å². The summed E-state index contributed by atoms with van der Waals surface area (Å²) >= 11 is 6.16. The van der Waals surface area contributed by atoms with Gasteiger partial charge in [0, 0.05) is 36.2 Å². The van der Waals surface area contributed by atoms with Crippen molar-refractivity contribution in [1.82, 2.24) is 9.55 Å². The lowest BCUT2D eigenvalue weighted by molar-refractivity contribution is 0.843. The largest absolute Gasteiger partial charge is 0.379 e. The van der Waals surface area contributed by atoms with E-state index in [2.05, 4.69) is 20.9 Å². The molecule has 19 heavy (non-hydrogen) atoms. The van der Waals surface area contributed by atoms with Crippen LogP contribution in [0, 0.1) is 0 Å². The van der Waals surface area contributed by atoms with Crippen molar-refractivity contribution in [2.24, 2.45) is 7.05 Å². The van der Waals surface area contributed by atoms with Gasteiger partial charge in [-0.2, -0.15) is 0 Å². The number of anilines is 1. The zero-order chi connectivity index (χ0) is 13.2. The molecule has 0 fully saturated rings. The van der Waals surface area contributed by atoms with E-state index >= 15 is 0 Å². The summed E-state index contributed by atoms with van der Waals surface area (Å²) in [5, 5.41) is 5.16. The average molecular weight is 272 g/mol. The molecule has 0 radical (unpaired) electrons. The van der Waals surface area contributed by atoms with Gasteiger partial charge in [-0.3, -0.25) is 4.98 Å². The highest BCUT2D eigenvalue weighted by atomic mass is 35.5. The average Bonchev–Trinajstić information content (AvgIpc) is 2.84. The summed E-state index contributed by atoms with van der Waals surface area (Å²) in [6.45, 7) is 0.773. The normalized spacial score (nSPS) is 10.8.